The van der Waals surface area contributed by atoms with Crippen LogP contribution in [0.1, 0.15) is 15.9 Å². The van der Waals surface area contributed by atoms with Gasteiger partial charge in [-0.05, 0) is 35.9 Å². The molecule has 19 heavy (non-hydrogen) atoms. The third kappa shape index (κ3) is 3.90. The van der Waals surface area contributed by atoms with Crippen LogP contribution < -0.4 is 0 Å². The van der Waals surface area contributed by atoms with Gasteiger partial charge in [-0.2, -0.15) is 0 Å². The molecular formula is C14H10Cl2O2S. The summed E-state index contributed by atoms with van der Waals surface area (Å²) in [7, 11) is 0. The van der Waals surface area contributed by atoms with Crippen LogP contribution in [0.3, 0.4) is 0 Å². The van der Waals surface area contributed by atoms with E-state index >= 15 is 0 Å². The Morgan fingerprint density at radius 3 is 2.37 bits per heavy atom. The zero-order valence-corrected chi connectivity index (χ0v) is 12.1. The Kier molecular flexibility index (Phi) is 4.75. The monoisotopic (exact) mass is 312 g/mol. The molecule has 0 bridgehead atoms. The van der Waals surface area contributed by atoms with Gasteiger partial charge in [-0.1, -0.05) is 35.3 Å². The number of rotatable bonds is 4. The van der Waals surface area contributed by atoms with Crippen LogP contribution in [0.4, 0.5) is 0 Å². The lowest BCUT2D eigenvalue weighted by atomic mass is 10.2. The Morgan fingerprint density at radius 1 is 1.11 bits per heavy atom. The first kappa shape index (κ1) is 14.3. The minimum Gasteiger partial charge on any atom is -0.478 e. The van der Waals surface area contributed by atoms with Gasteiger partial charge >= 0.3 is 5.97 Å². The van der Waals surface area contributed by atoms with Gasteiger partial charge in [0.05, 0.1) is 10.6 Å². The summed E-state index contributed by atoms with van der Waals surface area (Å²) in [5.41, 5.74) is 1.33. The maximum Gasteiger partial charge on any atom is 0.335 e. The quantitative estimate of drug-likeness (QED) is 0.809. The van der Waals surface area contributed by atoms with Crippen molar-refractivity contribution in [1.82, 2.24) is 0 Å². The number of benzene rings is 2. The molecule has 0 saturated carbocycles. The maximum atomic E-state index is 10.8. The molecule has 2 rings (SSSR count). The van der Waals surface area contributed by atoms with Gasteiger partial charge in [0.15, 0.2) is 0 Å². The van der Waals surface area contributed by atoms with Crippen LogP contribution >= 0.6 is 35.0 Å². The number of aromatic carboxylic acids is 1. The Bertz CT molecular complexity index is 597. The molecular weight excluding hydrogens is 303 g/mol. The van der Waals surface area contributed by atoms with E-state index in [-0.39, 0.29) is 5.56 Å². The molecule has 0 radical (unpaired) electrons. The summed E-state index contributed by atoms with van der Waals surface area (Å²) in [6, 6.07) is 12.3. The van der Waals surface area contributed by atoms with Crippen molar-refractivity contribution in [1.29, 1.82) is 0 Å². The summed E-state index contributed by atoms with van der Waals surface area (Å²) in [4.78, 5) is 11.7. The van der Waals surface area contributed by atoms with Crippen LogP contribution in [0.5, 0.6) is 0 Å². The number of carbonyl (C=O) groups is 1. The topological polar surface area (TPSA) is 37.3 Å². The van der Waals surface area contributed by atoms with E-state index in [1.165, 1.54) is 6.07 Å². The second-order valence-corrected chi connectivity index (χ2v) is 5.73. The summed E-state index contributed by atoms with van der Waals surface area (Å²) in [6.45, 7) is 0. The molecule has 0 aliphatic rings. The molecule has 5 heteroatoms. The van der Waals surface area contributed by atoms with Gasteiger partial charge in [0.2, 0.25) is 0 Å². The van der Waals surface area contributed by atoms with E-state index in [9.17, 15) is 4.79 Å². The SMILES string of the molecule is O=C(O)c1ccc(SCc2ccc(Cl)cc2)c(Cl)c1. The Labute approximate surface area is 125 Å². The predicted octanol–water partition coefficient (Wildman–Crippen LogP) is 4.98. The van der Waals surface area contributed by atoms with E-state index in [1.54, 1.807) is 23.9 Å². The Hall–Kier alpha value is -1.16. The van der Waals surface area contributed by atoms with Gasteiger partial charge in [0.25, 0.3) is 0 Å². The van der Waals surface area contributed by atoms with E-state index in [4.69, 9.17) is 28.3 Å². The van der Waals surface area contributed by atoms with Gasteiger partial charge < -0.3 is 5.11 Å². The first-order chi connectivity index (χ1) is 9.06. The highest BCUT2D eigenvalue weighted by molar-refractivity contribution is 7.98. The average molecular weight is 313 g/mol. The second-order valence-electron chi connectivity index (χ2n) is 3.87. The molecule has 0 aliphatic carbocycles. The fourth-order valence-electron chi connectivity index (χ4n) is 1.49. The highest BCUT2D eigenvalue weighted by Crippen LogP contribution is 2.30. The minimum absolute atomic E-state index is 0.195. The van der Waals surface area contributed by atoms with Gasteiger partial charge in [-0.3, -0.25) is 0 Å². The van der Waals surface area contributed by atoms with E-state index in [0.717, 1.165) is 16.2 Å². The van der Waals surface area contributed by atoms with Crippen molar-refractivity contribution in [3.8, 4) is 0 Å². The molecule has 0 unspecified atom stereocenters. The number of hydrogen-bond acceptors (Lipinski definition) is 2. The molecule has 0 fully saturated rings. The first-order valence-electron chi connectivity index (χ1n) is 5.46. The van der Waals surface area contributed by atoms with Crippen molar-refractivity contribution >= 4 is 40.9 Å². The van der Waals surface area contributed by atoms with Crippen molar-refractivity contribution in [2.75, 3.05) is 0 Å². The number of carboxylic acid groups (broad SMARTS) is 1. The highest BCUT2D eigenvalue weighted by Gasteiger charge is 2.07. The first-order valence-corrected chi connectivity index (χ1v) is 7.20. The van der Waals surface area contributed by atoms with E-state index in [1.807, 2.05) is 24.3 Å². The largest absolute Gasteiger partial charge is 0.478 e. The number of carboxylic acids is 1. The standard InChI is InChI=1S/C14H10Cl2O2S/c15-11-4-1-9(2-5-11)8-19-13-6-3-10(14(17)18)7-12(13)16/h1-7H,8H2,(H,17,18). The van der Waals surface area contributed by atoms with Crippen LogP contribution in [0, 0.1) is 0 Å². The fourth-order valence-corrected chi connectivity index (χ4v) is 2.84. The van der Waals surface area contributed by atoms with Crippen LogP contribution in [-0.4, -0.2) is 11.1 Å². The lowest BCUT2D eigenvalue weighted by molar-refractivity contribution is 0.0697. The summed E-state index contributed by atoms with van der Waals surface area (Å²) >= 11 is 13.4. The maximum absolute atomic E-state index is 10.8. The molecule has 0 heterocycles. The fraction of sp³-hybridized carbons (Fsp3) is 0.0714. The Balaban J connectivity index is 2.07. The van der Waals surface area contributed by atoms with E-state index < -0.39 is 5.97 Å². The lowest BCUT2D eigenvalue weighted by Gasteiger charge is -2.05. The van der Waals surface area contributed by atoms with Gasteiger partial charge in [-0.25, -0.2) is 4.79 Å². The van der Waals surface area contributed by atoms with Gasteiger partial charge in [-0.15, -0.1) is 11.8 Å². The molecule has 2 aromatic rings. The molecule has 1 N–H and O–H groups in total. The summed E-state index contributed by atoms with van der Waals surface area (Å²) < 4.78 is 0. The van der Waals surface area contributed by atoms with Gasteiger partial charge in [0.1, 0.15) is 0 Å². The number of thioether (sulfide) groups is 1. The highest BCUT2D eigenvalue weighted by atomic mass is 35.5. The number of halogens is 2. The van der Waals surface area contributed by atoms with Crippen molar-refractivity contribution in [2.24, 2.45) is 0 Å². The normalized spacial score (nSPS) is 10.4. The molecule has 0 saturated heterocycles. The minimum atomic E-state index is -0.976. The Morgan fingerprint density at radius 2 is 1.79 bits per heavy atom. The van der Waals surface area contributed by atoms with E-state index in [2.05, 4.69) is 0 Å². The average Bonchev–Trinajstić information content (AvgIpc) is 2.39. The molecule has 98 valence electrons. The number of hydrogen-bond donors (Lipinski definition) is 1. The molecule has 0 aromatic heterocycles. The third-order valence-electron chi connectivity index (χ3n) is 2.49. The summed E-state index contributed by atoms with van der Waals surface area (Å²) in [6.07, 6.45) is 0. The zero-order valence-electron chi connectivity index (χ0n) is 9.77. The molecule has 2 nitrogen and oxygen atoms in total. The van der Waals surface area contributed by atoms with Crippen LogP contribution in [0.15, 0.2) is 47.4 Å². The van der Waals surface area contributed by atoms with Crippen molar-refractivity contribution < 1.29 is 9.90 Å². The molecule has 0 amide bonds. The summed E-state index contributed by atoms with van der Waals surface area (Å²) in [5.74, 6) is -0.223. The van der Waals surface area contributed by atoms with Crippen molar-refractivity contribution in [3.05, 3.63) is 63.6 Å². The van der Waals surface area contributed by atoms with E-state index in [0.29, 0.717) is 10.0 Å². The van der Waals surface area contributed by atoms with Crippen LogP contribution in [0.2, 0.25) is 10.0 Å². The smallest absolute Gasteiger partial charge is 0.335 e. The molecule has 0 spiro atoms. The van der Waals surface area contributed by atoms with Crippen molar-refractivity contribution in [2.45, 2.75) is 10.6 Å². The van der Waals surface area contributed by atoms with Crippen molar-refractivity contribution in [3.63, 3.8) is 0 Å². The van der Waals surface area contributed by atoms with Gasteiger partial charge in [0, 0.05) is 15.7 Å². The predicted molar refractivity (Wildman–Crippen MR) is 79.4 cm³/mol. The molecule has 0 aliphatic heterocycles. The summed E-state index contributed by atoms with van der Waals surface area (Å²) in [5, 5.41) is 10.0. The van der Waals surface area contributed by atoms with Crippen LogP contribution in [-0.2, 0) is 5.75 Å². The zero-order chi connectivity index (χ0) is 13.8. The van der Waals surface area contributed by atoms with Crippen LogP contribution in [0.25, 0.3) is 0 Å². The second kappa shape index (κ2) is 6.33. The third-order valence-corrected chi connectivity index (χ3v) is 4.31. The molecule has 0 atom stereocenters. The lowest BCUT2D eigenvalue weighted by Crippen LogP contribution is -1.95. The molecule has 2 aromatic carbocycles.